The summed E-state index contributed by atoms with van der Waals surface area (Å²) in [6, 6.07) is 0.810. The van der Waals surface area contributed by atoms with Gasteiger partial charge in [-0.1, -0.05) is 13.8 Å². The standard InChI is InChI=1S/C10H19NS/c1-10(2)7-11-9(10)8-4-3-5-12-6-8/h8-9,11H,3-7H2,1-2H3. The molecule has 2 aliphatic rings. The van der Waals surface area contributed by atoms with E-state index in [-0.39, 0.29) is 0 Å². The molecule has 12 heavy (non-hydrogen) atoms. The molecular weight excluding hydrogens is 166 g/mol. The summed E-state index contributed by atoms with van der Waals surface area (Å²) in [4.78, 5) is 0. The van der Waals surface area contributed by atoms with Gasteiger partial charge in [0.1, 0.15) is 0 Å². The third kappa shape index (κ3) is 1.51. The van der Waals surface area contributed by atoms with E-state index in [1.165, 1.54) is 30.9 Å². The zero-order chi connectivity index (χ0) is 8.60. The molecule has 2 heterocycles. The van der Waals surface area contributed by atoms with Crippen molar-refractivity contribution in [1.82, 2.24) is 5.32 Å². The Kier molecular flexibility index (Phi) is 2.39. The monoisotopic (exact) mass is 185 g/mol. The third-order valence-electron chi connectivity index (χ3n) is 3.29. The molecule has 0 aromatic heterocycles. The van der Waals surface area contributed by atoms with Gasteiger partial charge in [-0.2, -0.15) is 11.8 Å². The number of hydrogen-bond acceptors (Lipinski definition) is 2. The van der Waals surface area contributed by atoms with Crippen molar-refractivity contribution in [2.45, 2.75) is 32.7 Å². The van der Waals surface area contributed by atoms with Crippen molar-refractivity contribution in [3.8, 4) is 0 Å². The maximum atomic E-state index is 3.59. The van der Waals surface area contributed by atoms with Crippen molar-refractivity contribution < 1.29 is 0 Å². The molecule has 1 N–H and O–H groups in total. The molecule has 2 heteroatoms. The Morgan fingerprint density at radius 3 is 2.67 bits per heavy atom. The van der Waals surface area contributed by atoms with Crippen LogP contribution in [0.5, 0.6) is 0 Å². The van der Waals surface area contributed by atoms with Crippen LogP contribution in [0.1, 0.15) is 26.7 Å². The molecule has 0 radical (unpaired) electrons. The van der Waals surface area contributed by atoms with Gasteiger partial charge >= 0.3 is 0 Å². The molecule has 0 aliphatic carbocycles. The van der Waals surface area contributed by atoms with E-state index in [4.69, 9.17) is 0 Å². The summed E-state index contributed by atoms with van der Waals surface area (Å²) in [5.74, 6) is 3.73. The minimum absolute atomic E-state index is 0.572. The molecule has 2 atom stereocenters. The highest BCUT2D eigenvalue weighted by Gasteiger charge is 2.42. The number of thioether (sulfide) groups is 1. The minimum atomic E-state index is 0.572. The van der Waals surface area contributed by atoms with Crippen molar-refractivity contribution >= 4 is 11.8 Å². The predicted octanol–water partition coefficient (Wildman–Crippen LogP) is 2.13. The van der Waals surface area contributed by atoms with Crippen LogP contribution in [0.2, 0.25) is 0 Å². The highest BCUT2D eigenvalue weighted by molar-refractivity contribution is 7.99. The SMILES string of the molecule is CC1(C)CNC1C1CCCSC1. The van der Waals surface area contributed by atoms with Crippen LogP contribution in [-0.4, -0.2) is 24.1 Å². The molecule has 0 bridgehead atoms. The fourth-order valence-corrected chi connectivity index (χ4v) is 3.66. The third-order valence-corrected chi connectivity index (χ3v) is 4.53. The second kappa shape index (κ2) is 3.22. The predicted molar refractivity (Wildman–Crippen MR) is 55.6 cm³/mol. The van der Waals surface area contributed by atoms with Crippen molar-refractivity contribution in [2.24, 2.45) is 11.3 Å². The lowest BCUT2D eigenvalue weighted by atomic mass is 9.70. The highest BCUT2D eigenvalue weighted by atomic mass is 32.2. The molecule has 0 amide bonds. The Labute approximate surface area is 79.7 Å². The first-order valence-corrected chi connectivity index (χ1v) is 6.17. The summed E-state index contributed by atoms with van der Waals surface area (Å²) in [5, 5.41) is 3.59. The van der Waals surface area contributed by atoms with E-state index >= 15 is 0 Å². The highest BCUT2D eigenvalue weighted by Crippen LogP contribution is 2.38. The summed E-state index contributed by atoms with van der Waals surface area (Å²) in [5.41, 5.74) is 0.572. The second-order valence-corrected chi connectivity index (χ2v) is 5.97. The normalized spacial score (nSPS) is 40.5. The van der Waals surface area contributed by atoms with Crippen LogP contribution < -0.4 is 5.32 Å². The second-order valence-electron chi connectivity index (χ2n) is 4.82. The largest absolute Gasteiger partial charge is 0.313 e. The van der Waals surface area contributed by atoms with E-state index in [9.17, 15) is 0 Å². The molecule has 0 aromatic rings. The molecule has 0 saturated carbocycles. The van der Waals surface area contributed by atoms with E-state index in [0.717, 1.165) is 12.0 Å². The van der Waals surface area contributed by atoms with E-state index in [1.807, 2.05) is 0 Å². The molecule has 0 spiro atoms. The van der Waals surface area contributed by atoms with Gasteiger partial charge in [-0.15, -0.1) is 0 Å². The van der Waals surface area contributed by atoms with E-state index in [1.54, 1.807) is 0 Å². The van der Waals surface area contributed by atoms with Gasteiger partial charge < -0.3 is 5.32 Å². The zero-order valence-electron chi connectivity index (χ0n) is 8.10. The van der Waals surface area contributed by atoms with Crippen LogP contribution in [-0.2, 0) is 0 Å². The van der Waals surface area contributed by atoms with E-state index in [0.29, 0.717) is 5.41 Å². The summed E-state index contributed by atoms with van der Waals surface area (Å²) in [6.45, 7) is 6.01. The number of rotatable bonds is 1. The maximum absolute atomic E-state index is 3.59. The van der Waals surface area contributed by atoms with Crippen LogP contribution in [0.15, 0.2) is 0 Å². The first-order chi connectivity index (χ1) is 5.70. The van der Waals surface area contributed by atoms with Crippen molar-refractivity contribution in [3.63, 3.8) is 0 Å². The van der Waals surface area contributed by atoms with Crippen LogP contribution in [0.4, 0.5) is 0 Å². The van der Waals surface area contributed by atoms with Crippen molar-refractivity contribution in [2.75, 3.05) is 18.1 Å². The fraction of sp³-hybridized carbons (Fsp3) is 1.00. The van der Waals surface area contributed by atoms with Gasteiger partial charge in [0.05, 0.1) is 0 Å². The van der Waals surface area contributed by atoms with Gasteiger partial charge in [0.2, 0.25) is 0 Å². The van der Waals surface area contributed by atoms with Gasteiger partial charge in [0.25, 0.3) is 0 Å². The number of nitrogens with one attached hydrogen (secondary N) is 1. The average Bonchev–Trinajstić information content (AvgIpc) is 2.05. The Morgan fingerprint density at radius 2 is 2.25 bits per heavy atom. The summed E-state index contributed by atoms with van der Waals surface area (Å²) in [6.07, 6.45) is 2.89. The van der Waals surface area contributed by atoms with Gasteiger partial charge in [-0.3, -0.25) is 0 Å². The molecule has 70 valence electrons. The molecule has 2 aliphatic heterocycles. The van der Waals surface area contributed by atoms with Crippen LogP contribution in [0.25, 0.3) is 0 Å². The van der Waals surface area contributed by atoms with Crippen LogP contribution in [0.3, 0.4) is 0 Å². The lowest BCUT2D eigenvalue weighted by molar-refractivity contribution is 0.0786. The Morgan fingerprint density at radius 1 is 1.42 bits per heavy atom. The van der Waals surface area contributed by atoms with Crippen molar-refractivity contribution in [1.29, 1.82) is 0 Å². The first-order valence-electron chi connectivity index (χ1n) is 5.01. The molecule has 1 nitrogen and oxygen atoms in total. The zero-order valence-corrected chi connectivity index (χ0v) is 8.91. The average molecular weight is 185 g/mol. The molecular formula is C10H19NS. The van der Waals surface area contributed by atoms with E-state index < -0.39 is 0 Å². The van der Waals surface area contributed by atoms with Gasteiger partial charge in [-0.25, -0.2) is 0 Å². The lowest BCUT2D eigenvalue weighted by Gasteiger charge is -2.50. The van der Waals surface area contributed by atoms with E-state index in [2.05, 4.69) is 30.9 Å². The van der Waals surface area contributed by atoms with Crippen LogP contribution >= 0.6 is 11.8 Å². The summed E-state index contributed by atoms with van der Waals surface area (Å²) >= 11 is 2.14. The molecule has 2 saturated heterocycles. The van der Waals surface area contributed by atoms with Gasteiger partial charge in [0, 0.05) is 12.6 Å². The number of hydrogen-bond donors (Lipinski definition) is 1. The molecule has 0 aromatic carbocycles. The Hall–Kier alpha value is 0.310. The smallest absolute Gasteiger partial charge is 0.0167 e. The Balaban J connectivity index is 1.91. The van der Waals surface area contributed by atoms with Crippen LogP contribution in [0, 0.1) is 11.3 Å². The molecule has 2 rings (SSSR count). The summed E-state index contributed by atoms with van der Waals surface area (Å²) < 4.78 is 0. The summed E-state index contributed by atoms with van der Waals surface area (Å²) in [7, 11) is 0. The fourth-order valence-electron chi connectivity index (χ4n) is 2.46. The molecule has 2 fully saturated rings. The minimum Gasteiger partial charge on any atom is -0.313 e. The topological polar surface area (TPSA) is 12.0 Å². The Bertz CT molecular complexity index is 161. The van der Waals surface area contributed by atoms with Gasteiger partial charge in [-0.05, 0) is 35.7 Å². The van der Waals surface area contributed by atoms with Gasteiger partial charge in [0.15, 0.2) is 0 Å². The lowest BCUT2D eigenvalue weighted by Crippen LogP contribution is -2.63. The maximum Gasteiger partial charge on any atom is 0.0167 e. The van der Waals surface area contributed by atoms with Crippen molar-refractivity contribution in [3.05, 3.63) is 0 Å². The quantitative estimate of drug-likeness (QED) is 0.671. The molecule has 2 unspecified atom stereocenters. The first kappa shape index (κ1) is 8.89.